The van der Waals surface area contributed by atoms with E-state index in [0.717, 1.165) is 46.0 Å². The van der Waals surface area contributed by atoms with Crippen LogP contribution in [-0.4, -0.2) is 44.4 Å². The Hall–Kier alpha value is -4.25. The van der Waals surface area contributed by atoms with Crippen molar-refractivity contribution in [2.45, 2.75) is 58.0 Å². The van der Waals surface area contributed by atoms with Crippen LogP contribution in [0.2, 0.25) is 0 Å². The van der Waals surface area contributed by atoms with E-state index in [0.29, 0.717) is 36.4 Å². The normalized spacial score (nSPS) is 17.4. The minimum Gasteiger partial charge on any atom is -0.330 e. The van der Waals surface area contributed by atoms with Gasteiger partial charge in [0.15, 0.2) is 0 Å². The lowest BCUT2D eigenvalue weighted by atomic mass is 9.81. The van der Waals surface area contributed by atoms with Crippen LogP contribution in [0.15, 0.2) is 71.7 Å². The Morgan fingerprint density at radius 1 is 0.978 bits per heavy atom. The van der Waals surface area contributed by atoms with Crippen LogP contribution in [0.5, 0.6) is 0 Å². The molecule has 0 unspecified atom stereocenters. The van der Waals surface area contributed by atoms with E-state index in [9.17, 15) is 14.4 Å². The molecule has 6 N–H and O–H groups in total. The lowest BCUT2D eigenvalue weighted by Crippen LogP contribution is -2.50. The number of aromatic amines is 2. The Kier molecular flexibility index (Phi) is 9.57. The number of rotatable bonds is 8. The minimum absolute atomic E-state index is 0. The summed E-state index contributed by atoms with van der Waals surface area (Å²) in [6.45, 7) is 4.54. The van der Waals surface area contributed by atoms with Gasteiger partial charge in [0.1, 0.15) is 0 Å². The number of imide groups is 1. The zero-order valence-corrected chi connectivity index (χ0v) is 26.3. The Bertz CT molecular complexity index is 1870. The maximum atomic E-state index is 13.9. The standard InChI is InChI=1S/C34H39N7O3.ClH/c1-20(2)41-33(43)28-14-12-25(16-31(28)39-41)23-7-3-21(4-8-23)15-29(36)34(44)40(27-13-11-26-19-37-38-30(26)17-27)32(42)24-9-5-22(18-35)6-10-24;/h3-4,7-8,11-14,16-17,19-20,22,24,29,39H,5-6,9-10,15,18,35-36H2,1-2H3,(H,37,38);1H/t22?,24?,29-;/m0./s1. The topological polar surface area (TPSA) is 156 Å². The number of benzene rings is 3. The molecule has 0 bridgehead atoms. The van der Waals surface area contributed by atoms with Crippen molar-refractivity contribution in [1.82, 2.24) is 20.0 Å². The van der Waals surface area contributed by atoms with E-state index in [1.807, 2.05) is 62.4 Å². The molecule has 1 saturated carbocycles. The molecule has 6 rings (SSSR count). The first-order chi connectivity index (χ1) is 21.2. The number of nitrogens with two attached hydrogens (primary N) is 2. The number of anilines is 1. The van der Waals surface area contributed by atoms with Gasteiger partial charge in [-0.3, -0.25) is 24.6 Å². The maximum Gasteiger partial charge on any atom is 0.274 e. The summed E-state index contributed by atoms with van der Waals surface area (Å²) in [5.74, 6) is -0.478. The van der Waals surface area contributed by atoms with Crippen LogP contribution in [0.25, 0.3) is 32.9 Å². The summed E-state index contributed by atoms with van der Waals surface area (Å²) >= 11 is 0. The summed E-state index contributed by atoms with van der Waals surface area (Å²) in [5, 5.41) is 11.8. The van der Waals surface area contributed by atoms with Crippen molar-refractivity contribution in [3.05, 3.63) is 82.8 Å². The number of hydrogen-bond acceptors (Lipinski definition) is 6. The average Bonchev–Trinajstić information content (AvgIpc) is 3.65. The Balaban J connectivity index is 0.00000400. The fourth-order valence-corrected chi connectivity index (χ4v) is 6.27. The van der Waals surface area contributed by atoms with E-state index in [-0.39, 0.29) is 42.3 Å². The van der Waals surface area contributed by atoms with E-state index in [1.54, 1.807) is 23.0 Å². The predicted octanol–water partition coefficient (Wildman–Crippen LogP) is 5.07. The molecule has 1 fully saturated rings. The number of nitrogens with zero attached hydrogens (tertiary/aromatic N) is 3. The second kappa shape index (κ2) is 13.4. The van der Waals surface area contributed by atoms with E-state index in [1.165, 1.54) is 4.90 Å². The molecule has 45 heavy (non-hydrogen) atoms. The van der Waals surface area contributed by atoms with E-state index < -0.39 is 11.9 Å². The van der Waals surface area contributed by atoms with Crippen LogP contribution >= 0.6 is 12.4 Å². The van der Waals surface area contributed by atoms with Gasteiger partial charge in [-0.1, -0.05) is 30.3 Å². The highest BCUT2D eigenvalue weighted by molar-refractivity contribution is 6.17. The summed E-state index contributed by atoms with van der Waals surface area (Å²) in [6, 6.07) is 18.2. The number of aromatic nitrogens is 4. The second-order valence-electron chi connectivity index (χ2n) is 12.3. The first-order valence-electron chi connectivity index (χ1n) is 15.3. The molecule has 0 spiro atoms. The van der Waals surface area contributed by atoms with Gasteiger partial charge in [0.25, 0.3) is 11.5 Å². The minimum atomic E-state index is -0.917. The molecule has 1 aliphatic rings. The quantitative estimate of drug-likeness (QED) is 0.188. The molecule has 1 aliphatic carbocycles. The van der Waals surface area contributed by atoms with Gasteiger partial charge in [-0.2, -0.15) is 5.10 Å². The van der Waals surface area contributed by atoms with Crippen molar-refractivity contribution in [3.8, 4) is 11.1 Å². The van der Waals surface area contributed by atoms with Crippen molar-refractivity contribution in [2.24, 2.45) is 23.3 Å². The molecule has 2 heterocycles. The highest BCUT2D eigenvalue weighted by Gasteiger charge is 2.35. The van der Waals surface area contributed by atoms with E-state index >= 15 is 0 Å². The van der Waals surface area contributed by atoms with Crippen LogP contribution in [-0.2, 0) is 16.0 Å². The molecule has 10 nitrogen and oxygen atoms in total. The molecule has 1 atom stereocenters. The second-order valence-corrected chi connectivity index (χ2v) is 12.3. The fraction of sp³-hybridized carbons (Fsp3) is 0.353. The van der Waals surface area contributed by atoms with Crippen molar-refractivity contribution < 1.29 is 9.59 Å². The molecule has 0 saturated heterocycles. The van der Waals surface area contributed by atoms with Gasteiger partial charge in [-0.15, -0.1) is 12.4 Å². The van der Waals surface area contributed by atoms with Crippen LogP contribution in [0.4, 0.5) is 5.69 Å². The summed E-state index contributed by atoms with van der Waals surface area (Å²) < 4.78 is 1.63. The molecule has 0 radical (unpaired) electrons. The number of hydrogen-bond donors (Lipinski definition) is 4. The third-order valence-electron chi connectivity index (χ3n) is 8.94. The molecule has 11 heteroatoms. The first kappa shape index (κ1) is 32.2. The largest absolute Gasteiger partial charge is 0.330 e. The van der Waals surface area contributed by atoms with Gasteiger partial charge in [0, 0.05) is 17.3 Å². The zero-order chi connectivity index (χ0) is 31.0. The van der Waals surface area contributed by atoms with Crippen molar-refractivity contribution in [3.63, 3.8) is 0 Å². The van der Waals surface area contributed by atoms with Crippen molar-refractivity contribution >= 4 is 51.7 Å². The van der Waals surface area contributed by atoms with Crippen molar-refractivity contribution in [1.29, 1.82) is 0 Å². The molecule has 3 aromatic carbocycles. The van der Waals surface area contributed by atoms with E-state index in [4.69, 9.17) is 11.5 Å². The van der Waals surface area contributed by atoms with Gasteiger partial charge in [0.2, 0.25) is 5.91 Å². The number of H-pyrrole nitrogens is 2. The summed E-state index contributed by atoms with van der Waals surface area (Å²) in [6.07, 6.45) is 5.14. The third-order valence-corrected chi connectivity index (χ3v) is 8.94. The highest BCUT2D eigenvalue weighted by atomic mass is 35.5. The molecule has 2 aromatic heterocycles. The lowest BCUT2D eigenvalue weighted by molar-refractivity contribution is -0.130. The number of halogens is 1. The molecule has 2 amide bonds. The first-order valence-corrected chi connectivity index (χ1v) is 15.3. The molecule has 5 aromatic rings. The van der Waals surface area contributed by atoms with Gasteiger partial charge in [-0.05, 0) is 105 Å². The zero-order valence-electron chi connectivity index (χ0n) is 25.5. The number of carbonyl (C=O) groups is 2. The number of fused-ring (bicyclic) bond motifs is 2. The van der Waals surface area contributed by atoms with Crippen LogP contribution in [0.1, 0.15) is 51.1 Å². The molecule has 236 valence electrons. The maximum absolute atomic E-state index is 13.9. The Morgan fingerprint density at radius 2 is 1.69 bits per heavy atom. The number of nitrogens with one attached hydrogen (secondary N) is 2. The van der Waals surface area contributed by atoms with Gasteiger partial charge in [-0.25, -0.2) is 9.58 Å². The van der Waals surface area contributed by atoms with Gasteiger partial charge in [0.05, 0.1) is 34.3 Å². The molecular weight excluding hydrogens is 590 g/mol. The SMILES string of the molecule is CC(C)n1[nH]c2cc(-c3ccc(C[C@H](N)C(=O)N(C(=O)C4CCC(CN)CC4)c4ccc5cn[nH]c5c4)cc3)ccc2c1=O.Cl. The van der Waals surface area contributed by atoms with Crippen LogP contribution in [0, 0.1) is 11.8 Å². The third kappa shape index (κ3) is 6.45. The number of carbonyl (C=O) groups excluding carboxylic acids is 2. The monoisotopic (exact) mass is 629 g/mol. The highest BCUT2D eigenvalue weighted by Crippen LogP contribution is 2.32. The summed E-state index contributed by atoms with van der Waals surface area (Å²) in [4.78, 5) is 41.7. The molecule has 0 aliphatic heterocycles. The van der Waals surface area contributed by atoms with Crippen LogP contribution < -0.4 is 21.9 Å². The van der Waals surface area contributed by atoms with Crippen LogP contribution in [0.3, 0.4) is 0 Å². The average molecular weight is 630 g/mol. The fourth-order valence-electron chi connectivity index (χ4n) is 6.27. The smallest absolute Gasteiger partial charge is 0.274 e. The van der Waals surface area contributed by atoms with E-state index in [2.05, 4.69) is 15.3 Å². The van der Waals surface area contributed by atoms with Gasteiger partial charge >= 0.3 is 0 Å². The van der Waals surface area contributed by atoms with Gasteiger partial charge < -0.3 is 11.5 Å². The number of amides is 2. The van der Waals surface area contributed by atoms with Crippen molar-refractivity contribution in [2.75, 3.05) is 11.4 Å². The Morgan fingerprint density at radius 3 is 2.38 bits per heavy atom. The molecular formula is C34H40ClN7O3. The lowest BCUT2D eigenvalue weighted by Gasteiger charge is -2.32. The Labute approximate surface area is 267 Å². The summed E-state index contributed by atoms with van der Waals surface area (Å²) in [7, 11) is 0. The predicted molar refractivity (Wildman–Crippen MR) is 180 cm³/mol. The summed E-state index contributed by atoms with van der Waals surface area (Å²) in [5.41, 5.74) is 17.2.